The van der Waals surface area contributed by atoms with E-state index in [1.165, 1.54) is 0 Å². The van der Waals surface area contributed by atoms with Gasteiger partial charge in [0.15, 0.2) is 0 Å². The predicted octanol–water partition coefficient (Wildman–Crippen LogP) is 3.23. The van der Waals surface area contributed by atoms with E-state index in [-0.39, 0.29) is 32.0 Å². The van der Waals surface area contributed by atoms with E-state index < -0.39 is 48.7 Å². The Bertz CT molecular complexity index is 1010. The average molecular weight is 543 g/mol. The van der Waals surface area contributed by atoms with Gasteiger partial charge in [-0.05, 0) is 29.5 Å². The largest absolute Gasteiger partial charge is 0.481 e. The van der Waals surface area contributed by atoms with E-state index in [9.17, 15) is 24.3 Å². The highest BCUT2D eigenvalue weighted by molar-refractivity contribution is 5.95. The van der Waals surface area contributed by atoms with Crippen molar-refractivity contribution in [2.24, 2.45) is 0 Å². The van der Waals surface area contributed by atoms with Crippen LogP contribution >= 0.6 is 0 Å². The third-order valence-corrected chi connectivity index (χ3v) is 5.47. The number of aliphatic carboxylic acids is 2. The molecule has 0 spiro atoms. The second kappa shape index (κ2) is 18.3. The van der Waals surface area contributed by atoms with Gasteiger partial charge in [-0.3, -0.25) is 14.4 Å². The van der Waals surface area contributed by atoms with Crippen molar-refractivity contribution in [3.63, 3.8) is 0 Å². The Balaban J connectivity index is 1.78. The molecule has 0 heterocycles. The highest BCUT2D eigenvalue weighted by Gasteiger charge is 2.23. The Morgan fingerprint density at radius 2 is 1.00 bits per heavy atom. The quantitative estimate of drug-likeness (QED) is 0.154. The minimum atomic E-state index is -1.54. The van der Waals surface area contributed by atoms with Crippen LogP contribution in [0.2, 0.25) is 0 Å². The van der Waals surface area contributed by atoms with Crippen LogP contribution in [0.25, 0.3) is 0 Å². The lowest BCUT2D eigenvalue weighted by molar-refractivity contribution is -0.145. The van der Waals surface area contributed by atoms with Crippen molar-refractivity contribution < 1.29 is 48.3 Å². The maximum absolute atomic E-state index is 12.3. The van der Waals surface area contributed by atoms with E-state index in [0.717, 1.165) is 11.1 Å². The van der Waals surface area contributed by atoms with E-state index in [0.29, 0.717) is 26.1 Å². The Morgan fingerprint density at radius 1 is 0.564 bits per heavy atom. The number of esters is 2. The molecule has 39 heavy (non-hydrogen) atoms. The molecule has 0 aliphatic carbocycles. The zero-order chi connectivity index (χ0) is 28.3. The van der Waals surface area contributed by atoms with Crippen LogP contribution in [-0.4, -0.2) is 73.7 Å². The number of benzene rings is 2. The molecule has 0 aliphatic rings. The first-order valence-corrected chi connectivity index (χ1v) is 12.6. The maximum atomic E-state index is 12.3. The van der Waals surface area contributed by atoms with Crippen LogP contribution in [0, 0.1) is 0 Å². The maximum Gasteiger partial charge on any atom is 0.332 e. The van der Waals surface area contributed by atoms with Gasteiger partial charge in [-0.2, -0.15) is 0 Å². The zero-order valence-corrected chi connectivity index (χ0v) is 21.7. The van der Waals surface area contributed by atoms with E-state index in [1.807, 2.05) is 60.7 Å². The first kappa shape index (κ1) is 31.2. The number of carbonyl (C=O) groups is 4. The van der Waals surface area contributed by atoms with E-state index in [1.54, 1.807) is 0 Å². The molecule has 2 aromatic carbocycles. The summed E-state index contributed by atoms with van der Waals surface area (Å²) in [6.07, 6.45) is -0.613. The summed E-state index contributed by atoms with van der Waals surface area (Å²) in [5.41, 5.74) is 1.47. The van der Waals surface area contributed by atoms with Crippen molar-refractivity contribution in [1.82, 2.24) is 0 Å². The van der Waals surface area contributed by atoms with Gasteiger partial charge in [0, 0.05) is 5.57 Å². The second-order valence-corrected chi connectivity index (χ2v) is 8.45. The minimum absolute atomic E-state index is 0.0764. The average Bonchev–Trinajstić information content (AvgIpc) is 2.91. The Hall–Kier alpha value is -4.02. The monoisotopic (exact) mass is 542 g/mol. The Kier molecular flexibility index (Phi) is 14.6. The molecule has 2 aromatic rings. The van der Waals surface area contributed by atoms with Gasteiger partial charge in [-0.15, -0.1) is 0 Å². The van der Waals surface area contributed by atoms with Gasteiger partial charge < -0.3 is 29.2 Å². The SMILES string of the molecule is O=C(O)CC(C(=O)O)=C(CC(=O)OCCOCCc1ccccc1)CC(=O)OCCOCCc1ccccc1. The van der Waals surface area contributed by atoms with Gasteiger partial charge in [0.05, 0.1) is 45.7 Å². The molecule has 2 N–H and O–H groups in total. The summed E-state index contributed by atoms with van der Waals surface area (Å²) in [6.45, 7) is 0.961. The molecule has 0 aromatic heterocycles. The van der Waals surface area contributed by atoms with Crippen molar-refractivity contribution >= 4 is 23.9 Å². The molecular weight excluding hydrogens is 508 g/mol. The molecule has 2 rings (SSSR count). The third-order valence-electron chi connectivity index (χ3n) is 5.47. The molecule has 0 radical (unpaired) electrons. The summed E-state index contributed by atoms with van der Waals surface area (Å²) >= 11 is 0. The van der Waals surface area contributed by atoms with Crippen LogP contribution in [0.5, 0.6) is 0 Å². The van der Waals surface area contributed by atoms with Gasteiger partial charge in [0.2, 0.25) is 0 Å². The third kappa shape index (κ3) is 13.9. The van der Waals surface area contributed by atoms with Crippen molar-refractivity contribution in [1.29, 1.82) is 0 Å². The molecule has 0 aliphatic heterocycles. The zero-order valence-electron chi connectivity index (χ0n) is 21.7. The van der Waals surface area contributed by atoms with Gasteiger partial charge in [-0.25, -0.2) is 4.79 Å². The summed E-state index contributed by atoms with van der Waals surface area (Å²) < 4.78 is 21.1. The summed E-state index contributed by atoms with van der Waals surface area (Å²) in [7, 11) is 0. The predicted molar refractivity (Wildman–Crippen MR) is 140 cm³/mol. The summed E-state index contributed by atoms with van der Waals surface area (Å²) in [6, 6.07) is 19.4. The molecule has 0 fully saturated rings. The summed E-state index contributed by atoms with van der Waals surface area (Å²) in [5, 5.41) is 18.6. The van der Waals surface area contributed by atoms with Gasteiger partial charge in [-0.1, -0.05) is 60.7 Å². The highest BCUT2D eigenvalue weighted by Crippen LogP contribution is 2.19. The first-order chi connectivity index (χ1) is 18.8. The minimum Gasteiger partial charge on any atom is -0.481 e. The van der Waals surface area contributed by atoms with Crippen LogP contribution in [0.3, 0.4) is 0 Å². The van der Waals surface area contributed by atoms with Crippen molar-refractivity contribution in [3.05, 3.63) is 82.9 Å². The van der Waals surface area contributed by atoms with Crippen LogP contribution in [0.4, 0.5) is 0 Å². The Labute approximate surface area is 227 Å². The number of ether oxygens (including phenoxy) is 4. The summed E-state index contributed by atoms with van der Waals surface area (Å²) in [5.74, 6) is -4.57. The normalized spacial score (nSPS) is 10.5. The fraction of sp³-hybridized carbons (Fsp3) is 0.379. The lowest BCUT2D eigenvalue weighted by Crippen LogP contribution is -2.18. The molecular formula is C29H34O10. The molecule has 0 bridgehead atoms. The molecule has 210 valence electrons. The number of carboxylic acid groups (broad SMARTS) is 2. The van der Waals surface area contributed by atoms with Gasteiger partial charge in [0.1, 0.15) is 13.2 Å². The van der Waals surface area contributed by atoms with E-state index in [4.69, 9.17) is 24.1 Å². The van der Waals surface area contributed by atoms with Crippen molar-refractivity contribution in [2.45, 2.75) is 32.1 Å². The van der Waals surface area contributed by atoms with Gasteiger partial charge in [0.25, 0.3) is 0 Å². The molecule has 0 unspecified atom stereocenters. The molecule has 10 nitrogen and oxygen atoms in total. The molecule has 0 saturated heterocycles. The molecule has 0 atom stereocenters. The van der Waals surface area contributed by atoms with E-state index in [2.05, 4.69) is 0 Å². The second-order valence-electron chi connectivity index (χ2n) is 8.45. The smallest absolute Gasteiger partial charge is 0.332 e. The highest BCUT2D eigenvalue weighted by atomic mass is 16.6. The number of rotatable bonds is 19. The molecule has 10 heteroatoms. The van der Waals surface area contributed by atoms with Crippen LogP contribution in [-0.2, 0) is 51.0 Å². The molecule has 0 amide bonds. The number of carbonyl (C=O) groups excluding carboxylic acids is 2. The van der Waals surface area contributed by atoms with Crippen molar-refractivity contribution in [2.75, 3.05) is 39.6 Å². The fourth-order valence-corrected chi connectivity index (χ4v) is 3.53. The van der Waals surface area contributed by atoms with Gasteiger partial charge >= 0.3 is 23.9 Å². The first-order valence-electron chi connectivity index (χ1n) is 12.6. The van der Waals surface area contributed by atoms with E-state index >= 15 is 0 Å². The van der Waals surface area contributed by atoms with Crippen LogP contribution in [0.1, 0.15) is 30.4 Å². The topological polar surface area (TPSA) is 146 Å². The Morgan fingerprint density at radius 3 is 1.38 bits per heavy atom. The van der Waals surface area contributed by atoms with Crippen LogP contribution < -0.4 is 0 Å². The lowest BCUT2D eigenvalue weighted by Gasteiger charge is -2.12. The summed E-state index contributed by atoms with van der Waals surface area (Å²) in [4.78, 5) is 47.5. The number of carboxylic acids is 2. The van der Waals surface area contributed by atoms with Crippen LogP contribution in [0.15, 0.2) is 71.8 Å². The number of hydrogen-bond acceptors (Lipinski definition) is 8. The standard InChI is InChI=1S/C29H34O10/c30-26(31)21-25(29(34)35)24(19-27(32)38-17-15-36-13-11-22-7-3-1-4-8-22)20-28(33)39-18-16-37-14-12-23-9-5-2-6-10-23/h1-10H,11-21H2,(H,30,31)(H,34,35). The molecule has 0 saturated carbocycles. The fourth-order valence-electron chi connectivity index (χ4n) is 3.53. The number of hydrogen-bond donors (Lipinski definition) is 2. The van der Waals surface area contributed by atoms with Crippen molar-refractivity contribution in [3.8, 4) is 0 Å². The lowest BCUT2D eigenvalue weighted by atomic mass is 9.99.